The van der Waals surface area contributed by atoms with Crippen LogP contribution in [0.5, 0.6) is 5.75 Å². The van der Waals surface area contributed by atoms with Crippen LogP contribution in [0.1, 0.15) is 17.0 Å². The monoisotopic (exact) mass is 321 g/mol. The average Bonchev–Trinajstić information content (AvgIpc) is 3.02. The predicted octanol–water partition coefficient (Wildman–Crippen LogP) is 3.66. The van der Waals surface area contributed by atoms with Crippen molar-refractivity contribution in [1.29, 1.82) is 0 Å². The summed E-state index contributed by atoms with van der Waals surface area (Å²) in [7, 11) is 1.66. The lowest BCUT2D eigenvalue weighted by molar-refractivity contribution is 0.407. The first-order chi connectivity index (χ1) is 10.2. The van der Waals surface area contributed by atoms with Crippen LogP contribution in [0.25, 0.3) is 4.96 Å². The summed E-state index contributed by atoms with van der Waals surface area (Å²) in [5, 5.41) is 6.18. The highest BCUT2D eigenvalue weighted by Gasteiger charge is 2.11. The maximum absolute atomic E-state index is 6.24. The molecule has 3 aromatic rings. The van der Waals surface area contributed by atoms with Crippen molar-refractivity contribution in [3.8, 4) is 5.75 Å². The van der Waals surface area contributed by atoms with Gasteiger partial charge in [0.25, 0.3) is 0 Å². The van der Waals surface area contributed by atoms with E-state index >= 15 is 0 Å². The molecule has 0 aliphatic rings. The molecule has 2 heterocycles. The summed E-state index contributed by atoms with van der Waals surface area (Å²) in [5.74, 6) is 0.806. The minimum absolute atomic E-state index is 0.652. The molecule has 0 fully saturated rings. The van der Waals surface area contributed by atoms with E-state index in [1.54, 1.807) is 18.4 Å². The first-order valence-electron chi connectivity index (χ1n) is 6.64. The molecule has 21 heavy (non-hydrogen) atoms. The molecule has 0 aliphatic carbocycles. The topological polar surface area (TPSA) is 38.6 Å². The minimum atomic E-state index is 0.652. The highest BCUT2D eigenvalue weighted by molar-refractivity contribution is 7.15. The van der Waals surface area contributed by atoms with Crippen LogP contribution in [0.15, 0.2) is 29.8 Å². The minimum Gasteiger partial charge on any atom is -0.496 e. The van der Waals surface area contributed by atoms with Crippen LogP contribution < -0.4 is 10.1 Å². The number of ether oxygens (including phenoxy) is 1. The Balaban J connectivity index is 1.75. The van der Waals surface area contributed by atoms with Crippen molar-refractivity contribution < 1.29 is 4.74 Å². The maximum Gasteiger partial charge on any atom is 0.194 e. The second-order valence-corrected chi connectivity index (χ2v) is 6.00. The summed E-state index contributed by atoms with van der Waals surface area (Å²) in [5.41, 5.74) is 3.21. The van der Waals surface area contributed by atoms with E-state index in [0.29, 0.717) is 11.6 Å². The van der Waals surface area contributed by atoms with E-state index < -0.39 is 0 Å². The standard InChI is InChI=1S/C15H16ClN3OS/c1-10-13(19-6-7-21-15(19)18-10)9-17-8-11-12(16)4-3-5-14(11)20-2/h3-7,17H,8-9H2,1-2H3. The molecule has 110 valence electrons. The van der Waals surface area contributed by atoms with Crippen molar-refractivity contribution >= 4 is 27.9 Å². The Bertz CT molecular complexity index is 765. The van der Waals surface area contributed by atoms with Gasteiger partial charge < -0.3 is 10.1 Å². The van der Waals surface area contributed by atoms with Crippen LogP contribution in [0, 0.1) is 6.92 Å². The molecule has 6 heteroatoms. The van der Waals surface area contributed by atoms with Crippen LogP contribution in [0.4, 0.5) is 0 Å². The van der Waals surface area contributed by atoms with Crippen LogP contribution >= 0.6 is 22.9 Å². The Morgan fingerprint density at radius 3 is 3.05 bits per heavy atom. The first kappa shape index (κ1) is 14.4. The molecule has 4 nitrogen and oxygen atoms in total. The van der Waals surface area contributed by atoms with Gasteiger partial charge in [0, 0.05) is 35.3 Å². The van der Waals surface area contributed by atoms with Crippen LogP contribution in [-0.2, 0) is 13.1 Å². The molecule has 0 bridgehead atoms. The van der Waals surface area contributed by atoms with Crippen LogP contribution in [0.3, 0.4) is 0 Å². The molecule has 0 spiro atoms. The van der Waals surface area contributed by atoms with E-state index in [0.717, 1.165) is 28.5 Å². The number of benzene rings is 1. The normalized spacial score (nSPS) is 11.2. The third-order valence-electron chi connectivity index (χ3n) is 3.45. The highest BCUT2D eigenvalue weighted by atomic mass is 35.5. The Kier molecular flexibility index (Phi) is 4.14. The van der Waals surface area contributed by atoms with Gasteiger partial charge in [0.2, 0.25) is 0 Å². The van der Waals surface area contributed by atoms with Crippen molar-refractivity contribution in [2.45, 2.75) is 20.0 Å². The number of aryl methyl sites for hydroxylation is 1. The van der Waals surface area contributed by atoms with Crippen LogP contribution in [-0.4, -0.2) is 16.5 Å². The largest absolute Gasteiger partial charge is 0.496 e. The second-order valence-electron chi connectivity index (χ2n) is 4.72. The second kappa shape index (κ2) is 6.05. The van der Waals surface area contributed by atoms with Gasteiger partial charge in [-0.2, -0.15) is 0 Å². The van der Waals surface area contributed by atoms with E-state index in [-0.39, 0.29) is 0 Å². The number of hydrogen-bond acceptors (Lipinski definition) is 4. The molecular weight excluding hydrogens is 306 g/mol. The van der Waals surface area contributed by atoms with E-state index in [2.05, 4.69) is 14.7 Å². The van der Waals surface area contributed by atoms with Gasteiger partial charge in [0.1, 0.15) is 5.75 Å². The molecule has 1 N–H and O–H groups in total. The molecular formula is C15H16ClN3OS. The fourth-order valence-corrected chi connectivity index (χ4v) is 3.37. The quantitative estimate of drug-likeness (QED) is 0.779. The van der Waals surface area contributed by atoms with Gasteiger partial charge in [-0.15, -0.1) is 11.3 Å². The molecule has 3 rings (SSSR count). The van der Waals surface area contributed by atoms with E-state index in [4.69, 9.17) is 16.3 Å². The molecule has 2 aromatic heterocycles. The fraction of sp³-hybridized carbons (Fsp3) is 0.267. The van der Waals surface area contributed by atoms with E-state index in [9.17, 15) is 0 Å². The zero-order valence-corrected chi connectivity index (χ0v) is 13.5. The molecule has 0 saturated carbocycles. The lowest BCUT2D eigenvalue weighted by atomic mass is 10.2. The number of aromatic nitrogens is 2. The molecule has 0 radical (unpaired) electrons. The maximum atomic E-state index is 6.24. The van der Waals surface area contributed by atoms with Gasteiger partial charge in [-0.1, -0.05) is 17.7 Å². The van der Waals surface area contributed by atoms with Crippen molar-refractivity contribution in [2.24, 2.45) is 0 Å². The summed E-state index contributed by atoms with van der Waals surface area (Å²) in [6.07, 6.45) is 2.05. The average molecular weight is 322 g/mol. The SMILES string of the molecule is COc1cccc(Cl)c1CNCc1c(C)nc2sccn12. The van der Waals surface area contributed by atoms with Gasteiger partial charge in [-0.25, -0.2) is 4.98 Å². The number of hydrogen-bond donors (Lipinski definition) is 1. The number of thiazole rings is 1. The van der Waals surface area contributed by atoms with Crippen molar-refractivity contribution in [3.05, 3.63) is 51.7 Å². The van der Waals surface area contributed by atoms with Crippen LogP contribution in [0.2, 0.25) is 5.02 Å². The fourth-order valence-electron chi connectivity index (χ4n) is 2.36. The number of halogens is 1. The number of nitrogens with one attached hydrogen (secondary N) is 1. The lowest BCUT2D eigenvalue weighted by Crippen LogP contribution is -2.15. The smallest absolute Gasteiger partial charge is 0.194 e. The summed E-state index contributed by atoms with van der Waals surface area (Å²) in [6.45, 7) is 3.42. The summed E-state index contributed by atoms with van der Waals surface area (Å²) >= 11 is 7.89. The summed E-state index contributed by atoms with van der Waals surface area (Å²) < 4.78 is 7.48. The number of imidazole rings is 1. The Morgan fingerprint density at radius 1 is 1.38 bits per heavy atom. The zero-order chi connectivity index (χ0) is 14.8. The van der Waals surface area contributed by atoms with E-state index in [1.807, 2.05) is 36.7 Å². The van der Waals surface area contributed by atoms with Gasteiger partial charge in [-0.05, 0) is 19.1 Å². The lowest BCUT2D eigenvalue weighted by Gasteiger charge is -2.11. The number of nitrogens with zero attached hydrogens (tertiary/aromatic N) is 2. The number of methoxy groups -OCH3 is 1. The predicted molar refractivity (Wildman–Crippen MR) is 86.4 cm³/mol. The van der Waals surface area contributed by atoms with Gasteiger partial charge >= 0.3 is 0 Å². The Labute approximate surface area is 132 Å². The third-order valence-corrected chi connectivity index (χ3v) is 4.56. The molecule has 0 unspecified atom stereocenters. The third kappa shape index (κ3) is 2.77. The van der Waals surface area contributed by atoms with Crippen molar-refractivity contribution in [2.75, 3.05) is 7.11 Å². The molecule has 0 atom stereocenters. The summed E-state index contributed by atoms with van der Waals surface area (Å²) in [4.78, 5) is 5.57. The first-order valence-corrected chi connectivity index (χ1v) is 7.89. The Morgan fingerprint density at radius 2 is 2.24 bits per heavy atom. The highest BCUT2D eigenvalue weighted by Crippen LogP contribution is 2.26. The van der Waals surface area contributed by atoms with Gasteiger partial charge in [0.15, 0.2) is 4.96 Å². The number of fused-ring (bicyclic) bond motifs is 1. The number of rotatable bonds is 5. The molecule has 0 aliphatic heterocycles. The van der Waals surface area contributed by atoms with Gasteiger partial charge in [-0.3, -0.25) is 4.40 Å². The van der Waals surface area contributed by atoms with Gasteiger partial charge in [0.05, 0.1) is 18.5 Å². The zero-order valence-electron chi connectivity index (χ0n) is 11.9. The molecule has 0 saturated heterocycles. The van der Waals surface area contributed by atoms with Crippen molar-refractivity contribution in [3.63, 3.8) is 0 Å². The van der Waals surface area contributed by atoms with E-state index in [1.165, 1.54) is 5.69 Å². The molecule has 0 amide bonds. The summed E-state index contributed by atoms with van der Waals surface area (Å²) in [6, 6.07) is 5.69. The van der Waals surface area contributed by atoms with Crippen molar-refractivity contribution in [1.82, 2.24) is 14.7 Å². The molecule has 1 aromatic carbocycles. The Hall–Kier alpha value is -1.56.